The van der Waals surface area contributed by atoms with Crippen LogP contribution in [0.1, 0.15) is 5.56 Å². The molecule has 4 rings (SSSR count). The van der Waals surface area contributed by atoms with Gasteiger partial charge >= 0.3 is 0 Å². The van der Waals surface area contributed by atoms with E-state index in [-0.39, 0.29) is 11.8 Å². The highest BCUT2D eigenvalue weighted by Gasteiger charge is 2.37. The van der Waals surface area contributed by atoms with Gasteiger partial charge in [0.15, 0.2) is 5.17 Å². The van der Waals surface area contributed by atoms with Crippen LogP contribution in [-0.4, -0.2) is 24.0 Å². The summed E-state index contributed by atoms with van der Waals surface area (Å²) in [5.41, 5.74) is 2.34. The molecule has 1 N–H and O–H groups in total. The average molecular weight is 404 g/mol. The van der Waals surface area contributed by atoms with E-state index in [4.69, 9.17) is 23.2 Å². The number of carbonyl (C=O) groups excluding carboxylic acids is 2. The Morgan fingerprint density at radius 2 is 1.85 bits per heavy atom. The predicted molar refractivity (Wildman–Crippen MR) is 106 cm³/mol. The van der Waals surface area contributed by atoms with Crippen LogP contribution in [0.25, 0.3) is 5.57 Å². The molecule has 0 atom stereocenters. The molecule has 2 amide bonds. The number of para-hydroxylation sites is 1. The maximum Gasteiger partial charge on any atom is 0.264 e. The average Bonchev–Trinajstić information content (AvgIpc) is 3.10. The third-order valence-corrected chi connectivity index (χ3v) is 5.85. The molecule has 130 valence electrons. The molecule has 2 heterocycles. The van der Waals surface area contributed by atoms with Crippen molar-refractivity contribution in [3.8, 4) is 0 Å². The normalized spacial score (nSPS) is 20.7. The van der Waals surface area contributed by atoms with Gasteiger partial charge in [0, 0.05) is 12.6 Å². The smallest absolute Gasteiger partial charge is 0.264 e. The Balaban J connectivity index is 1.78. The summed E-state index contributed by atoms with van der Waals surface area (Å²) in [7, 11) is 1.69. The van der Waals surface area contributed by atoms with Crippen molar-refractivity contribution in [2.24, 2.45) is 4.99 Å². The molecule has 1 fully saturated rings. The largest absolute Gasteiger partial charge is 0.311 e. The number of nitrogens with one attached hydrogen (secondary N) is 1. The molecule has 2 aromatic carbocycles. The van der Waals surface area contributed by atoms with Crippen LogP contribution in [0.5, 0.6) is 0 Å². The molecule has 0 unspecified atom stereocenters. The number of benzene rings is 2. The standard InChI is InChI=1S/C18H11Cl2N3O2S/c1-23-12-8-3-2-5-9(12)13(17(23)25)15-16(24)22-18(26-15)21-11-7-4-6-10(19)14(11)20/h2-8H,1H3,(H,21,22,24)/b15-13-. The molecule has 2 aliphatic rings. The highest BCUT2D eigenvalue weighted by atomic mass is 35.5. The quantitative estimate of drug-likeness (QED) is 0.724. The van der Waals surface area contributed by atoms with Gasteiger partial charge in [0.1, 0.15) is 0 Å². The van der Waals surface area contributed by atoms with E-state index in [1.54, 1.807) is 25.2 Å². The summed E-state index contributed by atoms with van der Waals surface area (Å²) in [5.74, 6) is -0.578. The Morgan fingerprint density at radius 1 is 1.08 bits per heavy atom. The molecule has 0 aromatic heterocycles. The van der Waals surface area contributed by atoms with E-state index in [2.05, 4.69) is 10.3 Å². The number of rotatable bonds is 1. The first-order valence-electron chi connectivity index (χ1n) is 7.61. The minimum atomic E-state index is -0.361. The minimum Gasteiger partial charge on any atom is -0.311 e. The highest BCUT2D eigenvalue weighted by molar-refractivity contribution is 8.18. The number of amides is 2. The van der Waals surface area contributed by atoms with Crippen LogP contribution in [0.15, 0.2) is 52.4 Å². The number of hydrogen-bond acceptors (Lipinski definition) is 4. The third-order valence-electron chi connectivity index (χ3n) is 4.06. The summed E-state index contributed by atoms with van der Waals surface area (Å²) < 4.78 is 0. The number of likely N-dealkylation sites (N-methyl/N-ethyl adjacent to an activating group) is 1. The Bertz CT molecular complexity index is 1030. The summed E-state index contributed by atoms with van der Waals surface area (Å²) in [6.45, 7) is 0. The molecule has 5 nitrogen and oxygen atoms in total. The first kappa shape index (κ1) is 17.1. The second-order valence-corrected chi connectivity index (χ2v) is 7.42. The van der Waals surface area contributed by atoms with Crippen LogP contribution < -0.4 is 10.2 Å². The zero-order valence-electron chi connectivity index (χ0n) is 13.4. The van der Waals surface area contributed by atoms with Crippen molar-refractivity contribution in [3.05, 3.63) is 63.0 Å². The van der Waals surface area contributed by atoms with Crippen molar-refractivity contribution < 1.29 is 9.59 Å². The number of anilines is 1. The first-order chi connectivity index (χ1) is 12.5. The number of nitrogens with zero attached hydrogens (tertiary/aromatic N) is 2. The summed E-state index contributed by atoms with van der Waals surface area (Å²) >= 11 is 13.3. The molecule has 26 heavy (non-hydrogen) atoms. The maximum absolute atomic E-state index is 12.7. The van der Waals surface area contributed by atoms with E-state index in [9.17, 15) is 9.59 Å². The highest BCUT2D eigenvalue weighted by Crippen LogP contribution is 2.42. The van der Waals surface area contributed by atoms with Crippen molar-refractivity contribution in [1.29, 1.82) is 0 Å². The monoisotopic (exact) mass is 403 g/mol. The predicted octanol–water partition coefficient (Wildman–Crippen LogP) is 4.23. The van der Waals surface area contributed by atoms with Crippen molar-refractivity contribution in [1.82, 2.24) is 5.32 Å². The Kier molecular flexibility index (Phi) is 4.26. The third kappa shape index (κ3) is 2.70. The van der Waals surface area contributed by atoms with Gasteiger partial charge in [0.25, 0.3) is 11.8 Å². The van der Waals surface area contributed by atoms with E-state index < -0.39 is 0 Å². The fourth-order valence-corrected chi connectivity index (χ4v) is 4.08. The van der Waals surface area contributed by atoms with Gasteiger partial charge in [0.2, 0.25) is 0 Å². The molecule has 0 radical (unpaired) electrons. The molecular weight excluding hydrogens is 393 g/mol. The lowest BCUT2D eigenvalue weighted by Gasteiger charge is -2.08. The topological polar surface area (TPSA) is 61.8 Å². The lowest BCUT2D eigenvalue weighted by Crippen LogP contribution is -2.23. The van der Waals surface area contributed by atoms with Crippen LogP contribution in [0.4, 0.5) is 11.4 Å². The second kappa shape index (κ2) is 6.46. The zero-order chi connectivity index (χ0) is 18.4. The van der Waals surface area contributed by atoms with Crippen molar-refractivity contribution in [2.75, 3.05) is 11.9 Å². The molecular formula is C18H11Cl2N3O2S. The number of amidine groups is 1. The minimum absolute atomic E-state index is 0.217. The van der Waals surface area contributed by atoms with Gasteiger partial charge in [-0.2, -0.15) is 0 Å². The van der Waals surface area contributed by atoms with Gasteiger partial charge < -0.3 is 10.2 Å². The molecule has 8 heteroatoms. The van der Waals surface area contributed by atoms with E-state index >= 15 is 0 Å². The number of fused-ring (bicyclic) bond motifs is 1. The Labute approximate surface area is 163 Å². The molecule has 0 spiro atoms. The second-order valence-electron chi connectivity index (χ2n) is 5.63. The summed E-state index contributed by atoms with van der Waals surface area (Å²) in [6, 6.07) is 12.4. The number of carbonyl (C=O) groups is 2. The van der Waals surface area contributed by atoms with E-state index in [0.29, 0.717) is 31.4 Å². The van der Waals surface area contributed by atoms with Crippen LogP contribution in [0, 0.1) is 0 Å². The van der Waals surface area contributed by atoms with Gasteiger partial charge in [0.05, 0.1) is 31.9 Å². The molecule has 0 saturated carbocycles. The summed E-state index contributed by atoms with van der Waals surface area (Å²) in [5, 5.41) is 3.72. The summed E-state index contributed by atoms with van der Waals surface area (Å²) in [4.78, 5) is 31.4. The number of aliphatic imine (C=N–C) groups is 1. The maximum atomic E-state index is 12.7. The zero-order valence-corrected chi connectivity index (χ0v) is 15.7. The SMILES string of the molecule is CN1C(=O)/C(=C2\SC(=Nc3cccc(Cl)c3Cl)NC2=O)c2ccccc21. The van der Waals surface area contributed by atoms with Crippen molar-refractivity contribution in [3.63, 3.8) is 0 Å². The molecule has 0 bridgehead atoms. The van der Waals surface area contributed by atoms with Gasteiger partial charge in [-0.15, -0.1) is 0 Å². The molecule has 1 saturated heterocycles. The number of halogens is 2. The van der Waals surface area contributed by atoms with E-state index in [0.717, 1.165) is 23.0 Å². The van der Waals surface area contributed by atoms with Crippen molar-refractivity contribution >= 4 is 68.9 Å². The van der Waals surface area contributed by atoms with Crippen molar-refractivity contribution in [2.45, 2.75) is 0 Å². The van der Waals surface area contributed by atoms with Crippen LogP contribution in [0.2, 0.25) is 10.0 Å². The van der Waals surface area contributed by atoms with Gasteiger partial charge in [-0.3, -0.25) is 9.59 Å². The number of thioether (sulfide) groups is 1. The van der Waals surface area contributed by atoms with E-state index in [1.807, 2.05) is 24.3 Å². The van der Waals surface area contributed by atoms with Crippen LogP contribution >= 0.6 is 35.0 Å². The lowest BCUT2D eigenvalue weighted by molar-refractivity contribution is -0.116. The van der Waals surface area contributed by atoms with Gasteiger partial charge in [-0.1, -0.05) is 47.5 Å². The van der Waals surface area contributed by atoms with E-state index in [1.165, 1.54) is 4.90 Å². The Hall–Kier alpha value is -2.28. The van der Waals surface area contributed by atoms with Gasteiger partial charge in [-0.25, -0.2) is 4.99 Å². The molecule has 0 aliphatic carbocycles. The summed E-state index contributed by atoms with van der Waals surface area (Å²) in [6.07, 6.45) is 0. The fraction of sp³-hybridized carbons (Fsp3) is 0.0556. The van der Waals surface area contributed by atoms with Crippen LogP contribution in [0.3, 0.4) is 0 Å². The number of hydrogen-bond donors (Lipinski definition) is 1. The molecule has 2 aromatic rings. The Morgan fingerprint density at radius 3 is 2.65 bits per heavy atom. The molecule has 2 aliphatic heterocycles. The van der Waals surface area contributed by atoms with Gasteiger partial charge in [-0.05, 0) is 30.0 Å². The van der Waals surface area contributed by atoms with Crippen LogP contribution in [-0.2, 0) is 9.59 Å². The first-order valence-corrected chi connectivity index (χ1v) is 9.18. The lowest BCUT2D eigenvalue weighted by atomic mass is 10.1. The fourth-order valence-electron chi connectivity index (χ4n) is 2.82.